The molecule has 0 N–H and O–H groups in total. The molecular formula is C60H51N. The Balaban J connectivity index is 1.20. The summed E-state index contributed by atoms with van der Waals surface area (Å²) < 4.78 is 0. The van der Waals surface area contributed by atoms with E-state index in [1.165, 1.54) is 117 Å². The van der Waals surface area contributed by atoms with E-state index in [-0.39, 0.29) is 21.7 Å². The first kappa shape index (κ1) is 36.4. The van der Waals surface area contributed by atoms with E-state index >= 15 is 0 Å². The first-order valence-corrected chi connectivity index (χ1v) is 22.1. The lowest BCUT2D eigenvalue weighted by Crippen LogP contribution is -2.21. The third-order valence-corrected chi connectivity index (χ3v) is 15.5. The smallest absolute Gasteiger partial charge is 0.0624 e. The molecule has 0 bridgehead atoms. The molecule has 0 amide bonds. The number of benzene rings is 8. The van der Waals surface area contributed by atoms with Crippen LogP contribution < -0.4 is 4.90 Å². The Bertz CT molecular complexity index is 3080. The second kappa shape index (κ2) is 12.1. The Labute approximate surface area is 361 Å². The zero-order valence-electron chi connectivity index (χ0n) is 36.5. The molecule has 0 saturated carbocycles. The largest absolute Gasteiger partial charge is 0.309 e. The third-order valence-electron chi connectivity index (χ3n) is 15.5. The molecule has 1 nitrogen and oxygen atoms in total. The Morgan fingerprint density at radius 3 is 1.20 bits per heavy atom. The highest BCUT2D eigenvalue weighted by Gasteiger charge is 2.46. The van der Waals surface area contributed by atoms with Gasteiger partial charge in [0.15, 0.2) is 0 Å². The number of nitrogens with zero attached hydrogens (tertiary/aromatic N) is 1. The molecule has 61 heavy (non-hydrogen) atoms. The second-order valence-corrected chi connectivity index (χ2v) is 20.1. The highest BCUT2D eigenvalue weighted by atomic mass is 15.2. The van der Waals surface area contributed by atoms with Crippen molar-refractivity contribution in [2.45, 2.75) is 77.0 Å². The predicted molar refractivity (Wildman–Crippen MR) is 257 cm³/mol. The fourth-order valence-electron chi connectivity index (χ4n) is 12.1. The van der Waals surface area contributed by atoms with E-state index in [2.05, 4.69) is 224 Å². The number of hydrogen-bond acceptors (Lipinski definition) is 1. The second-order valence-electron chi connectivity index (χ2n) is 20.1. The lowest BCUT2D eigenvalue weighted by molar-refractivity contribution is 0.639. The summed E-state index contributed by atoms with van der Waals surface area (Å²) >= 11 is 0. The van der Waals surface area contributed by atoms with Crippen LogP contribution in [0.25, 0.3) is 55.6 Å². The molecule has 0 fully saturated rings. The molecular weight excluding hydrogens is 735 g/mol. The molecule has 0 heterocycles. The molecule has 0 saturated heterocycles. The summed E-state index contributed by atoms with van der Waals surface area (Å²) in [5.41, 5.74) is 27.3. The summed E-state index contributed by atoms with van der Waals surface area (Å²) in [5.74, 6) is 0. The van der Waals surface area contributed by atoms with E-state index in [1.807, 2.05) is 0 Å². The molecule has 0 unspecified atom stereocenters. The maximum atomic E-state index is 2.67. The molecule has 12 rings (SSSR count). The Kier molecular flexibility index (Phi) is 7.23. The van der Waals surface area contributed by atoms with Gasteiger partial charge in [0.25, 0.3) is 0 Å². The van der Waals surface area contributed by atoms with Crippen molar-refractivity contribution in [1.29, 1.82) is 0 Å². The lowest BCUT2D eigenvalue weighted by atomic mass is 9.77. The van der Waals surface area contributed by atoms with Crippen LogP contribution in [0.3, 0.4) is 0 Å². The molecule has 4 aliphatic rings. The summed E-state index contributed by atoms with van der Waals surface area (Å²) in [7, 11) is 0. The van der Waals surface area contributed by atoms with Gasteiger partial charge in [-0.3, -0.25) is 0 Å². The van der Waals surface area contributed by atoms with Gasteiger partial charge in [-0.1, -0.05) is 189 Å². The van der Waals surface area contributed by atoms with Crippen LogP contribution in [0, 0.1) is 0 Å². The van der Waals surface area contributed by atoms with Crippen molar-refractivity contribution in [3.05, 3.63) is 208 Å². The Hall–Kier alpha value is -6.44. The van der Waals surface area contributed by atoms with Crippen molar-refractivity contribution in [3.8, 4) is 55.6 Å². The molecule has 0 atom stereocenters. The average molecular weight is 786 g/mol. The fraction of sp³-hybridized carbons (Fsp3) is 0.200. The van der Waals surface area contributed by atoms with Gasteiger partial charge in [0, 0.05) is 44.2 Å². The zero-order chi connectivity index (χ0) is 41.8. The topological polar surface area (TPSA) is 3.24 Å². The van der Waals surface area contributed by atoms with Gasteiger partial charge in [-0.25, -0.2) is 0 Å². The maximum Gasteiger partial charge on any atom is 0.0624 e. The zero-order valence-corrected chi connectivity index (χ0v) is 36.5. The monoisotopic (exact) mass is 785 g/mol. The SMILES string of the molecule is CC1(C)c2ccccc2-c2ccc(N(c3ccc4c(c3)C(C)(C)c3ccccc3-4)c3c4c(cc5c3-c3ccc(-c6ccccc6)cc3C5(C)C)C(C)(C)c3ccccc3-4)cc21. The van der Waals surface area contributed by atoms with Crippen LogP contribution >= 0.6 is 0 Å². The van der Waals surface area contributed by atoms with Gasteiger partial charge in [-0.2, -0.15) is 0 Å². The van der Waals surface area contributed by atoms with Crippen LogP contribution in [0.2, 0.25) is 0 Å². The lowest BCUT2D eigenvalue weighted by Gasteiger charge is -2.34. The highest BCUT2D eigenvalue weighted by Crippen LogP contribution is 2.64. The number of anilines is 3. The van der Waals surface area contributed by atoms with Crippen molar-refractivity contribution in [2.75, 3.05) is 4.90 Å². The van der Waals surface area contributed by atoms with Crippen LogP contribution in [-0.2, 0) is 21.7 Å². The van der Waals surface area contributed by atoms with Crippen molar-refractivity contribution in [1.82, 2.24) is 0 Å². The molecule has 0 radical (unpaired) electrons. The van der Waals surface area contributed by atoms with Crippen LogP contribution in [-0.4, -0.2) is 0 Å². The summed E-state index contributed by atoms with van der Waals surface area (Å²) in [6, 6.07) is 62.6. The first-order chi connectivity index (χ1) is 29.3. The molecule has 1 heteroatoms. The normalized spacial score (nSPS) is 16.7. The number of rotatable bonds is 4. The summed E-state index contributed by atoms with van der Waals surface area (Å²) in [6.45, 7) is 19.4. The van der Waals surface area contributed by atoms with Gasteiger partial charge in [-0.15, -0.1) is 0 Å². The summed E-state index contributed by atoms with van der Waals surface area (Å²) in [5, 5.41) is 0. The van der Waals surface area contributed by atoms with Crippen molar-refractivity contribution < 1.29 is 0 Å². The van der Waals surface area contributed by atoms with Gasteiger partial charge in [0.2, 0.25) is 0 Å². The molecule has 0 spiro atoms. The van der Waals surface area contributed by atoms with E-state index < -0.39 is 0 Å². The van der Waals surface area contributed by atoms with Gasteiger partial charge in [0.05, 0.1) is 5.69 Å². The Morgan fingerprint density at radius 1 is 0.279 bits per heavy atom. The molecule has 296 valence electrons. The van der Waals surface area contributed by atoms with Crippen molar-refractivity contribution in [2.24, 2.45) is 0 Å². The Morgan fingerprint density at radius 2 is 0.656 bits per heavy atom. The minimum absolute atomic E-state index is 0.146. The summed E-state index contributed by atoms with van der Waals surface area (Å²) in [4.78, 5) is 2.67. The van der Waals surface area contributed by atoms with E-state index in [4.69, 9.17) is 0 Å². The third kappa shape index (κ3) is 4.73. The minimum Gasteiger partial charge on any atom is -0.309 e. The minimum atomic E-state index is -0.237. The number of fused-ring (bicyclic) bond motifs is 12. The van der Waals surface area contributed by atoms with Gasteiger partial charge >= 0.3 is 0 Å². The molecule has 0 aromatic heterocycles. The fourth-order valence-corrected chi connectivity index (χ4v) is 12.1. The highest BCUT2D eigenvalue weighted by molar-refractivity contribution is 6.06. The molecule has 8 aromatic rings. The quantitative estimate of drug-likeness (QED) is 0.172. The molecule has 0 aliphatic heterocycles. The van der Waals surface area contributed by atoms with E-state index in [1.54, 1.807) is 0 Å². The average Bonchev–Trinajstić information content (AvgIpc) is 3.84. The predicted octanol–water partition coefficient (Wildman–Crippen LogP) is 16.0. The molecule has 8 aromatic carbocycles. The van der Waals surface area contributed by atoms with Crippen molar-refractivity contribution in [3.63, 3.8) is 0 Å². The van der Waals surface area contributed by atoms with Crippen LogP contribution in [0.15, 0.2) is 164 Å². The number of hydrogen-bond donors (Lipinski definition) is 0. The van der Waals surface area contributed by atoms with Gasteiger partial charge in [0.1, 0.15) is 0 Å². The van der Waals surface area contributed by atoms with E-state index in [9.17, 15) is 0 Å². The standard InChI is InChI=1S/C60H51N/c1-57(2)46-23-15-12-20-40(46)42-30-27-38(33-50(42)57)61(39-28-31-43-41-21-13-16-24-47(41)58(3,4)51(43)34-39)56-54-44-22-14-17-25-48(44)59(5,6)52(54)35-53-55(56)45-29-26-37(32-49(45)60(53,7)8)36-18-10-9-11-19-36/h9-35H,1-8H3. The van der Waals surface area contributed by atoms with Crippen molar-refractivity contribution >= 4 is 17.1 Å². The van der Waals surface area contributed by atoms with Gasteiger partial charge < -0.3 is 4.90 Å². The van der Waals surface area contributed by atoms with Gasteiger partial charge in [-0.05, 0) is 119 Å². The van der Waals surface area contributed by atoms with Crippen LogP contribution in [0.5, 0.6) is 0 Å². The molecule has 4 aliphatic carbocycles. The summed E-state index contributed by atoms with van der Waals surface area (Å²) in [6.07, 6.45) is 0. The van der Waals surface area contributed by atoms with Crippen LogP contribution in [0.4, 0.5) is 17.1 Å². The van der Waals surface area contributed by atoms with E-state index in [0.717, 1.165) is 0 Å². The van der Waals surface area contributed by atoms with Crippen LogP contribution in [0.1, 0.15) is 99.9 Å². The van der Waals surface area contributed by atoms with E-state index in [0.29, 0.717) is 0 Å². The maximum absolute atomic E-state index is 2.67. The first-order valence-electron chi connectivity index (χ1n) is 22.1.